The number of rotatable bonds is 5. The molecule has 1 heterocycles. The van der Waals surface area contributed by atoms with Crippen molar-refractivity contribution < 1.29 is 17.9 Å². The Bertz CT molecular complexity index is 464. The number of ether oxygens (including phenoxy) is 1. The molecule has 9 heteroatoms. The predicted molar refractivity (Wildman–Crippen MR) is 113 cm³/mol. The van der Waals surface area contributed by atoms with E-state index in [2.05, 4.69) is 34.4 Å². The summed E-state index contributed by atoms with van der Waals surface area (Å²) in [6.45, 7) is 9.88. The zero-order valence-electron chi connectivity index (χ0n) is 16.5. The number of hydrogen-bond donors (Lipinski definition) is 2. The highest BCUT2D eigenvalue weighted by Gasteiger charge is 2.42. The third-order valence-electron chi connectivity index (χ3n) is 5.32. The minimum absolute atomic E-state index is 0. The third-order valence-corrected chi connectivity index (χ3v) is 5.32. The van der Waals surface area contributed by atoms with E-state index in [1.807, 2.05) is 6.92 Å². The van der Waals surface area contributed by atoms with Gasteiger partial charge in [0.15, 0.2) is 5.96 Å². The van der Waals surface area contributed by atoms with Gasteiger partial charge in [0.2, 0.25) is 0 Å². The zero-order valence-corrected chi connectivity index (χ0v) is 18.8. The largest absolute Gasteiger partial charge is 0.391 e. The molecule has 0 aromatic rings. The quantitative estimate of drug-likeness (QED) is 0.341. The number of nitrogens with zero attached hydrogens (tertiary/aromatic N) is 2. The fourth-order valence-corrected chi connectivity index (χ4v) is 3.85. The topological polar surface area (TPSA) is 48.9 Å². The van der Waals surface area contributed by atoms with Crippen molar-refractivity contribution in [3.63, 3.8) is 0 Å². The van der Waals surface area contributed by atoms with Gasteiger partial charge in [-0.25, -0.2) is 0 Å². The van der Waals surface area contributed by atoms with Crippen LogP contribution in [0.2, 0.25) is 0 Å². The molecule has 1 aliphatic heterocycles. The van der Waals surface area contributed by atoms with E-state index in [9.17, 15) is 13.2 Å². The van der Waals surface area contributed by atoms with Crippen molar-refractivity contribution in [2.45, 2.75) is 70.8 Å². The van der Waals surface area contributed by atoms with Crippen LogP contribution in [-0.4, -0.2) is 68.0 Å². The summed E-state index contributed by atoms with van der Waals surface area (Å²) in [5.74, 6) is -0.585. The zero-order chi connectivity index (χ0) is 19.2. The van der Waals surface area contributed by atoms with Crippen LogP contribution in [0.15, 0.2) is 4.99 Å². The fraction of sp³-hybridized carbons (Fsp3) is 0.944. The number of guanidine groups is 1. The van der Waals surface area contributed by atoms with Crippen molar-refractivity contribution in [1.82, 2.24) is 15.5 Å². The molecule has 27 heavy (non-hydrogen) atoms. The minimum Gasteiger partial charge on any atom is -0.379 e. The average Bonchev–Trinajstić information content (AvgIpc) is 2.59. The maximum atomic E-state index is 13.0. The third kappa shape index (κ3) is 7.92. The number of alkyl halides is 3. The van der Waals surface area contributed by atoms with Gasteiger partial charge in [-0.1, -0.05) is 6.42 Å². The van der Waals surface area contributed by atoms with E-state index in [-0.39, 0.29) is 48.9 Å². The Hall–Kier alpha value is -0.290. The van der Waals surface area contributed by atoms with Crippen molar-refractivity contribution in [3.05, 3.63) is 0 Å². The highest BCUT2D eigenvalue weighted by Crippen LogP contribution is 2.37. The molecular weight excluding hydrogens is 472 g/mol. The SMILES string of the molecule is CCNC(=NCC(C)N1CCOCC1C)NC1CCCC(C(F)(F)F)C1.I. The van der Waals surface area contributed by atoms with Crippen molar-refractivity contribution in [3.8, 4) is 0 Å². The molecule has 1 saturated heterocycles. The number of halogens is 4. The lowest BCUT2D eigenvalue weighted by molar-refractivity contribution is -0.183. The molecule has 1 saturated carbocycles. The van der Waals surface area contributed by atoms with E-state index in [1.165, 1.54) is 0 Å². The van der Waals surface area contributed by atoms with Crippen molar-refractivity contribution in [2.24, 2.45) is 10.9 Å². The molecule has 4 unspecified atom stereocenters. The first-order valence-corrected chi connectivity index (χ1v) is 9.76. The van der Waals surface area contributed by atoms with Crippen LogP contribution in [-0.2, 0) is 4.74 Å². The molecule has 0 radical (unpaired) electrons. The molecule has 2 N–H and O–H groups in total. The monoisotopic (exact) mass is 506 g/mol. The van der Waals surface area contributed by atoms with Gasteiger partial charge in [-0.05, 0) is 40.0 Å². The van der Waals surface area contributed by atoms with Gasteiger partial charge in [0.05, 0.1) is 25.7 Å². The normalized spacial score (nSPS) is 29.0. The van der Waals surface area contributed by atoms with Crippen molar-refractivity contribution in [1.29, 1.82) is 0 Å². The standard InChI is InChI=1S/C18H33F3N4O.HI/c1-4-22-17(23-11-13(2)25-8-9-26-12-14(25)3)24-16-7-5-6-15(10-16)18(19,20)21;/h13-16H,4-12H2,1-3H3,(H2,22,23,24);1H. The highest BCUT2D eigenvalue weighted by molar-refractivity contribution is 14.0. The Morgan fingerprint density at radius 1 is 1.33 bits per heavy atom. The van der Waals surface area contributed by atoms with E-state index in [4.69, 9.17) is 4.74 Å². The first kappa shape index (κ1) is 24.7. The maximum Gasteiger partial charge on any atom is 0.391 e. The Kier molecular flexibility index (Phi) is 10.7. The van der Waals surface area contributed by atoms with Crippen LogP contribution in [0, 0.1) is 5.92 Å². The van der Waals surface area contributed by atoms with E-state index in [0.717, 1.165) is 26.2 Å². The number of nitrogens with one attached hydrogen (secondary N) is 2. The second kappa shape index (κ2) is 11.6. The summed E-state index contributed by atoms with van der Waals surface area (Å²) < 4.78 is 44.5. The van der Waals surface area contributed by atoms with Crippen molar-refractivity contribution >= 4 is 29.9 Å². The van der Waals surface area contributed by atoms with Gasteiger partial charge < -0.3 is 15.4 Å². The predicted octanol–water partition coefficient (Wildman–Crippen LogP) is 3.39. The number of hydrogen-bond acceptors (Lipinski definition) is 3. The average molecular weight is 506 g/mol. The van der Waals surface area contributed by atoms with Crippen LogP contribution in [0.5, 0.6) is 0 Å². The van der Waals surface area contributed by atoms with Crippen molar-refractivity contribution in [2.75, 3.05) is 32.8 Å². The number of aliphatic imine (C=N–C) groups is 1. The summed E-state index contributed by atoms with van der Waals surface area (Å²) in [6, 6.07) is 0.444. The smallest absolute Gasteiger partial charge is 0.379 e. The van der Waals surface area contributed by atoms with Crippen LogP contribution >= 0.6 is 24.0 Å². The first-order chi connectivity index (χ1) is 12.3. The van der Waals surface area contributed by atoms with E-state index in [1.54, 1.807) is 0 Å². The van der Waals surface area contributed by atoms with Crippen LogP contribution in [0.4, 0.5) is 13.2 Å². The van der Waals surface area contributed by atoms with Gasteiger partial charge in [-0.3, -0.25) is 9.89 Å². The van der Waals surface area contributed by atoms with Gasteiger partial charge in [-0.15, -0.1) is 24.0 Å². The van der Waals surface area contributed by atoms with Crippen LogP contribution < -0.4 is 10.6 Å². The van der Waals surface area contributed by atoms with Gasteiger partial charge >= 0.3 is 6.18 Å². The molecule has 0 aromatic heterocycles. The van der Waals surface area contributed by atoms with Gasteiger partial charge in [0.1, 0.15) is 0 Å². The summed E-state index contributed by atoms with van der Waals surface area (Å²) in [5, 5.41) is 6.39. The van der Waals surface area contributed by atoms with Gasteiger partial charge in [0.25, 0.3) is 0 Å². The summed E-state index contributed by atoms with van der Waals surface area (Å²) in [4.78, 5) is 7.01. The Labute approximate surface area is 177 Å². The molecule has 5 nitrogen and oxygen atoms in total. The van der Waals surface area contributed by atoms with E-state index >= 15 is 0 Å². The molecule has 0 spiro atoms. The summed E-state index contributed by atoms with van der Waals surface area (Å²) in [5.41, 5.74) is 0. The van der Waals surface area contributed by atoms with Crippen LogP contribution in [0.25, 0.3) is 0 Å². The Balaban J connectivity index is 0.00000364. The molecule has 4 atom stereocenters. The molecule has 1 aliphatic carbocycles. The summed E-state index contributed by atoms with van der Waals surface area (Å²) in [7, 11) is 0. The summed E-state index contributed by atoms with van der Waals surface area (Å²) >= 11 is 0. The molecule has 2 aliphatic rings. The molecule has 0 aromatic carbocycles. The lowest BCUT2D eigenvalue weighted by Crippen LogP contribution is -2.50. The van der Waals surface area contributed by atoms with E-state index < -0.39 is 12.1 Å². The minimum atomic E-state index is -4.10. The van der Waals surface area contributed by atoms with E-state index in [0.29, 0.717) is 31.5 Å². The molecule has 0 amide bonds. The van der Waals surface area contributed by atoms with Gasteiger partial charge in [-0.2, -0.15) is 13.2 Å². The highest BCUT2D eigenvalue weighted by atomic mass is 127. The molecule has 0 bridgehead atoms. The summed E-state index contributed by atoms with van der Waals surface area (Å²) in [6.07, 6.45) is -2.38. The maximum absolute atomic E-state index is 13.0. The molecule has 2 rings (SSSR count). The number of morpholine rings is 1. The fourth-order valence-electron chi connectivity index (χ4n) is 3.85. The molecular formula is C18H34F3IN4O. The lowest BCUT2D eigenvalue weighted by atomic mass is 9.85. The lowest BCUT2D eigenvalue weighted by Gasteiger charge is -2.37. The Morgan fingerprint density at radius 3 is 2.70 bits per heavy atom. The Morgan fingerprint density at radius 2 is 2.07 bits per heavy atom. The van der Waals surface area contributed by atoms with Crippen LogP contribution in [0.1, 0.15) is 46.5 Å². The second-order valence-electron chi connectivity index (χ2n) is 7.48. The molecule has 160 valence electrons. The molecule has 2 fully saturated rings. The second-order valence-corrected chi connectivity index (χ2v) is 7.48. The van der Waals surface area contributed by atoms with Gasteiger partial charge in [0, 0.05) is 31.2 Å². The first-order valence-electron chi connectivity index (χ1n) is 9.76. The van der Waals surface area contributed by atoms with Crippen LogP contribution in [0.3, 0.4) is 0 Å².